The lowest BCUT2D eigenvalue weighted by atomic mass is 9.97. The maximum Gasteiger partial charge on any atom is 0.255 e. The minimum absolute atomic E-state index is 0.0450. The van der Waals surface area contributed by atoms with Gasteiger partial charge in [0, 0.05) is 5.56 Å². The summed E-state index contributed by atoms with van der Waals surface area (Å²) in [5, 5.41) is 11.6. The third-order valence-electron chi connectivity index (χ3n) is 3.12. The van der Waals surface area contributed by atoms with Crippen LogP contribution in [0.1, 0.15) is 24.2 Å². The molecule has 1 fully saturated rings. The van der Waals surface area contributed by atoms with E-state index in [0.717, 1.165) is 0 Å². The highest BCUT2D eigenvalue weighted by Crippen LogP contribution is 2.22. The summed E-state index contributed by atoms with van der Waals surface area (Å²) >= 11 is 0. The summed E-state index contributed by atoms with van der Waals surface area (Å²) in [6.45, 7) is 2.94. The second kappa shape index (κ2) is 4.38. The summed E-state index contributed by atoms with van der Waals surface area (Å²) < 4.78 is 0. The number of benzene rings is 1. The van der Waals surface area contributed by atoms with Crippen molar-refractivity contribution in [3.05, 3.63) is 29.8 Å². The maximum atomic E-state index is 12.3. The van der Waals surface area contributed by atoms with Crippen LogP contribution in [0.4, 0.5) is 0 Å². The molecule has 2 rings (SSSR count). The Morgan fingerprint density at radius 1 is 1.37 bits per heavy atom. The van der Waals surface area contributed by atoms with Crippen LogP contribution in [0.25, 0.3) is 0 Å². The molecule has 1 aliphatic rings. The predicted octanol–water partition coefficient (Wildman–Crippen LogP) is 0.269. The van der Waals surface area contributed by atoms with Crippen molar-refractivity contribution in [1.82, 2.24) is 10.2 Å². The number of piperazine rings is 1. The smallest absolute Gasteiger partial charge is 0.255 e. The Hall–Kier alpha value is -2.37. The number of hydrogen-bond donors (Lipinski definition) is 2. The van der Waals surface area contributed by atoms with Crippen molar-refractivity contribution in [2.45, 2.75) is 19.4 Å². The molecule has 2 N–H and O–H groups in total. The van der Waals surface area contributed by atoms with E-state index in [9.17, 15) is 19.5 Å². The molecule has 1 saturated heterocycles. The number of carbonyl (C=O) groups excluding carboxylic acids is 3. The van der Waals surface area contributed by atoms with E-state index in [1.54, 1.807) is 13.8 Å². The Morgan fingerprint density at radius 3 is 2.68 bits per heavy atom. The fourth-order valence-corrected chi connectivity index (χ4v) is 1.90. The molecular weight excluding hydrogens is 248 g/mol. The van der Waals surface area contributed by atoms with Crippen molar-refractivity contribution in [2.75, 3.05) is 6.54 Å². The van der Waals surface area contributed by atoms with Gasteiger partial charge in [0.05, 0.1) is 0 Å². The molecule has 6 nitrogen and oxygen atoms in total. The second-order valence-electron chi connectivity index (χ2n) is 4.88. The quantitative estimate of drug-likeness (QED) is 0.711. The van der Waals surface area contributed by atoms with Gasteiger partial charge in [0.25, 0.3) is 11.8 Å². The van der Waals surface area contributed by atoms with Crippen LogP contribution in [0, 0.1) is 0 Å². The van der Waals surface area contributed by atoms with Gasteiger partial charge in [-0.15, -0.1) is 0 Å². The van der Waals surface area contributed by atoms with Crippen LogP contribution >= 0.6 is 0 Å². The van der Waals surface area contributed by atoms with Crippen LogP contribution in [0.3, 0.4) is 0 Å². The van der Waals surface area contributed by atoms with Gasteiger partial charge in [-0.3, -0.25) is 19.7 Å². The lowest BCUT2D eigenvalue weighted by Crippen LogP contribution is -2.65. The number of hydrogen-bond acceptors (Lipinski definition) is 4. The highest BCUT2D eigenvalue weighted by atomic mass is 16.3. The van der Waals surface area contributed by atoms with Gasteiger partial charge in [-0.2, -0.15) is 0 Å². The van der Waals surface area contributed by atoms with Crippen molar-refractivity contribution < 1.29 is 19.5 Å². The van der Waals surface area contributed by atoms with Crippen molar-refractivity contribution in [3.63, 3.8) is 0 Å². The van der Waals surface area contributed by atoms with Crippen LogP contribution < -0.4 is 5.32 Å². The highest BCUT2D eigenvalue weighted by Gasteiger charge is 2.43. The molecule has 0 aromatic heterocycles. The second-order valence-corrected chi connectivity index (χ2v) is 4.88. The maximum absolute atomic E-state index is 12.3. The first-order valence-corrected chi connectivity index (χ1v) is 5.77. The highest BCUT2D eigenvalue weighted by molar-refractivity contribution is 6.08. The number of nitrogens with zero attached hydrogens (tertiary/aromatic N) is 1. The van der Waals surface area contributed by atoms with Crippen molar-refractivity contribution in [1.29, 1.82) is 0 Å². The monoisotopic (exact) mass is 262 g/mol. The lowest BCUT2D eigenvalue weighted by molar-refractivity contribution is -0.143. The van der Waals surface area contributed by atoms with E-state index in [-0.39, 0.29) is 17.9 Å². The summed E-state index contributed by atoms with van der Waals surface area (Å²) in [5.41, 5.74) is -0.883. The fourth-order valence-electron chi connectivity index (χ4n) is 1.90. The molecule has 3 amide bonds. The summed E-state index contributed by atoms with van der Waals surface area (Å²) in [5.74, 6) is -1.55. The number of aromatic hydroxyl groups is 1. The van der Waals surface area contributed by atoms with E-state index < -0.39 is 23.3 Å². The van der Waals surface area contributed by atoms with Gasteiger partial charge in [-0.05, 0) is 32.0 Å². The first-order valence-electron chi connectivity index (χ1n) is 5.77. The molecule has 0 unspecified atom stereocenters. The topological polar surface area (TPSA) is 86.7 Å². The standard InChI is InChI=1S/C13H14N2O4/c1-13(2)12(19)14-10(17)7-15(13)11(18)8-4-3-5-9(16)6-8/h3-6,16H,7H2,1-2H3,(H,14,17,19). The molecule has 100 valence electrons. The molecule has 1 heterocycles. The van der Waals surface area contributed by atoms with E-state index in [1.807, 2.05) is 0 Å². The number of imide groups is 1. The van der Waals surface area contributed by atoms with Gasteiger partial charge in [-0.1, -0.05) is 6.07 Å². The average molecular weight is 262 g/mol. The lowest BCUT2D eigenvalue weighted by Gasteiger charge is -2.40. The molecule has 0 spiro atoms. The molecule has 1 aromatic carbocycles. The minimum Gasteiger partial charge on any atom is -0.508 e. The van der Waals surface area contributed by atoms with Crippen LogP contribution in [0.2, 0.25) is 0 Å². The largest absolute Gasteiger partial charge is 0.508 e. The minimum atomic E-state index is -1.11. The normalized spacial score (nSPS) is 18.1. The molecule has 0 bridgehead atoms. The Labute approximate surface area is 110 Å². The number of phenolic OH excluding ortho intramolecular Hbond substituents is 1. The number of rotatable bonds is 1. The van der Waals surface area contributed by atoms with Crippen LogP contribution in [-0.2, 0) is 9.59 Å². The Kier molecular flexibility index (Phi) is 3.01. The van der Waals surface area contributed by atoms with Gasteiger partial charge in [0.1, 0.15) is 17.8 Å². The van der Waals surface area contributed by atoms with Gasteiger partial charge in [0.2, 0.25) is 5.91 Å². The van der Waals surface area contributed by atoms with Crippen LogP contribution in [0.5, 0.6) is 5.75 Å². The third kappa shape index (κ3) is 2.29. The molecule has 1 aromatic rings. The molecular formula is C13H14N2O4. The summed E-state index contributed by atoms with van der Waals surface area (Å²) in [6, 6.07) is 5.79. The number of nitrogens with one attached hydrogen (secondary N) is 1. The molecule has 0 aliphatic carbocycles. The molecule has 0 saturated carbocycles. The van der Waals surface area contributed by atoms with Gasteiger partial charge >= 0.3 is 0 Å². The van der Waals surface area contributed by atoms with Crippen LogP contribution in [0.15, 0.2) is 24.3 Å². The van der Waals surface area contributed by atoms with E-state index in [2.05, 4.69) is 5.32 Å². The van der Waals surface area contributed by atoms with E-state index >= 15 is 0 Å². The van der Waals surface area contributed by atoms with E-state index in [0.29, 0.717) is 0 Å². The van der Waals surface area contributed by atoms with Gasteiger partial charge in [-0.25, -0.2) is 0 Å². The molecule has 0 atom stereocenters. The van der Waals surface area contributed by atoms with E-state index in [4.69, 9.17) is 0 Å². The van der Waals surface area contributed by atoms with Crippen LogP contribution in [-0.4, -0.2) is 39.8 Å². The third-order valence-corrected chi connectivity index (χ3v) is 3.12. The van der Waals surface area contributed by atoms with Crippen molar-refractivity contribution in [3.8, 4) is 5.75 Å². The summed E-state index contributed by atoms with van der Waals surface area (Å²) in [4.78, 5) is 36.7. The number of amides is 3. The summed E-state index contributed by atoms with van der Waals surface area (Å²) in [7, 11) is 0. The summed E-state index contributed by atoms with van der Waals surface area (Å²) in [6.07, 6.45) is 0. The fraction of sp³-hybridized carbons (Fsp3) is 0.308. The number of phenols is 1. The molecule has 19 heavy (non-hydrogen) atoms. The SMILES string of the molecule is CC1(C)C(=O)NC(=O)CN1C(=O)c1cccc(O)c1. The number of carbonyl (C=O) groups is 3. The van der Waals surface area contributed by atoms with Gasteiger partial charge in [0.15, 0.2) is 0 Å². The van der Waals surface area contributed by atoms with E-state index in [1.165, 1.54) is 29.2 Å². The zero-order valence-corrected chi connectivity index (χ0v) is 10.6. The Morgan fingerprint density at radius 2 is 2.05 bits per heavy atom. The first kappa shape index (κ1) is 13.1. The zero-order chi connectivity index (χ0) is 14.2. The molecule has 6 heteroatoms. The molecule has 1 aliphatic heterocycles. The average Bonchev–Trinajstić information content (AvgIpc) is 2.33. The predicted molar refractivity (Wildman–Crippen MR) is 66.4 cm³/mol. The Bertz CT molecular complexity index is 566. The van der Waals surface area contributed by atoms with Crippen molar-refractivity contribution >= 4 is 17.7 Å². The molecule has 0 radical (unpaired) electrons. The van der Waals surface area contributed by atoms with Gasteiger partial charge < -0.3 is 10.0 Å². The van der Waals surface area contributed by atoms with Crippen molar-refractivity contribution in [2.24, 2.45) is 0 Å². The Balaban J connectivity index is 2.36. The first-order chi connectivity index (χ1) is 8.82. The zero-order valence-electron chi connectivity index (χ0n) is 10.6.